The molecule has 206 valence electrons. The van der Waals surface area contributed by atoms with Crippen LogP contribution in [-0.2, 0) is 14.3 Å². The highest BCUT2D eigenvalue weighted by atomic mass is 32.1. The summed E-state index contributed by atoms with van der Waals surface area (Å²) in [7, 11) is 0. The van der Waals surface area contributed by atoms with Gasteiger partial charge in [-0.05, 0) is 51.3 Å². The summed E-state index contributed by atoms with van der Waals surface area (Å²) in [6.45, 7) is 7.71. The van der Waals surface area contributed by atoms with E-state index in [1.807, 2.05) is 68.3 Å². The number of morpholine rings is 1. The zero-order valence-electron chi connectivity index (χ0n) is 22.6. The van der Waals surface area contributed by atoms with E-state index in [0.717, 1.165) is 39.9 Å². The van der Waals surface area contributed by atoms with Crippen LogP contribution in [0.15, 0.2) is 54.7 Å². The average molecular weight is 550 g/mol. The van der Waals surface area contributed by atoms with Crippen molar-refractivity contribution in [3.05, 3.63) is 60.4 Å². The number of nitrogens with one attached hydrogen (secondary N) is 1. The quantitative estimate of drug-likeness (QED) is 0.462. The van der Waals surface area contributed by atoms with E-state index in [1.54, 1.807) is 16.2 Å². The Bertz CT molecular complexity index is 1280. The molecule has 1 atom stereocenters. The first-order valence-electron chi connectivity index (χ1n) is 13.4. The fourth-order valence-corrected chi connectivity index (χ4v) is 5.64. The van der Waals surface area contributed by atoms with E-state index in [-0.39, 0.29) is 18.4 Å². The summed E-state index contributed by atoms with van der Waals surface area (Å²) in [5.74, 6) is 0.957. The number of aromatic nitrogens is 2. The molecule has 2 aromatic heterocycles. The minimum Gasteiger partial charge on any atom is -0.444 e. The van der Waals surface area contributed by atoms with Gasteiger partial charge in [0.1, 0.15) is 11.4 Å². The number of nitrogens with zero attached hydrogens (tertiary/aromatic N) is 4. The molecule has 2 aliphatic heterocycles. The number of hydrogen-bond acceptors (Lipinski definition) is 8. The topological polar surface area (TPSA) is 96.9 Å². The summed E-state index contributed by atoms with van der Waals surface area (Å²) in [6, 6.07) is 16.2. The number of carbonyl (C=O) groups is 2. The summed E-state index contributed by atoms with van der Waals surface area (Å²) >= 11 is 1.59. The van der Waals surface area contributed by atoms with Gasteiger partial charge in [0.15, 0.2) is 11.2 Å². The van der Waals surface area contributed by atoms with E-state index >= 15 is 0 Å². The van der Waals surface area contributed by atoms with Crippen LogP contribution in [-0.4, -0.2) is 76.3 Å². The third-order valence-corrected chi connectivity index (χ3v) is 7.75. The van der Waals surface area contributed by atoms with Crippen molar-refractivity contribution in [3.63, 3.8) is 0 Å². The van der Waals surface area contributed by atoms with Crippen molar-refractivity contribution < 1.29 is 19.1 Å². The van der Waals surface area contributed by atoms with E-state index < -0.39 is 17.8 Å². The molecule has 3 aromatic rings. The number of likely N-dealkylation sites (tertiary alicyclic amines) is 1. The Kier molecular flexibility index (Phi) is 8.13. The third kappa shape index (κ3) is 6.93. The zero-order valence-corrected chi connectivity index (χ0v) is 23.4. The first-order chi connectivity index (χ1) is 18.7. The van der Waals surface area contributed by atoms with Gasteiger partial charge in [0.05, 0.1) is 18.0 Å². The van der Waals surface area contributed by atoms with Crippen LogP contribution in [0.3, 0.4) is 0 Å². The highest BCUT2D eigenvalue weighted by molar-refractivity contribution is 7.18. The Morgan fingerprint density at radius 3 is 2.54 bits per heavy atom. The first kappa shape index (κ1) is 27.1. The molecule has 0 radical (unpaired) electrons. The van der Waals surface area contributed by atoms with Crippen LogP contribution in [0.4, 0.5) is 15.7 Å². The molecule has 39 heavy (non-hydrogen) atoms. The number of thiazole rings is 1. The lowest BCUT2D eigenvalue weighted by atomic mass is 9.92. The van der Waals surface area contributed by atoms with E-state index in [2.05, 4.69) is 22.4 Å². The summed E-state index contributed by atoms with van der Waals surface area (Å²) in [6.07, 6.45) is 2.45. The second-order valence-corrected chi connectivity index (χ2v) is 11.9. The number of ether oxygens (including phenoxy) is 2. The van der Waals surface area contributed by atoms with Crippen molar-refractivity contribution in [1.29, 1.82) is 0 Å². The number of carbonyl (C=O) groups excluding carboxylic acids is 2. The molecule has 1 aromatic carbocycles. The van der Waals surface area contributed by atoms with Crippen LogP contribution in [0.2, 0.25) is 0 Å². The lowest BCUT2D eigenvalue weighted by Gasteiger charge is -2.38. The van der Waals surface area contributed by atoms with Crippen LogP contribution < -0.4 is 5.32 Å². The molecule has 1 unspecified atom stereocenters. The maximum Gasteiger partial charge on any atom is 0.410 e. The summed E-state index contributed by atoms with van der Waals surface area (Å²) in [4.78, 5) is 39.6. The van der Waals surface area contributed by atoms with E-state index in [9.17, 15) is 9.59 Å². The molecule has 2 amide bonds. The minimum atomic E-state index is -0.660. The molecule has 2 aliphatic rings. The second kappa shape index (κ2) is 11.7. The number of benzene rings is 1. The van der Waals surface area contributed by atoms with Crippen LogP contribution in [0.5, 0.6) is 0 Å². The fourth-order valence-electron chi connectivity index (χ4n) is 4.82. The highest BCUT2D eigenvalue weighted by Gasteiger charge is 2.35. The van der Waals surface area contributed by atoms with Gasteiger partial charge in [-0.1, -0.05) is 47.7 Å². The maximum absolute atomic E-state index is 13.2. The Morgan fingerprint density at radius 2 is 1.79 bits per heavy atom. The summed E-state index contributed by atoms with van der Waals surface area (Å²) in [5, 5.41) is 4.14. The van der Waals surface area contributed by atoms with Gasteiger partial charge in [-0.3, -0.25) is 4.79 Å². The smallest absolute Gasteiger partial charge is 0.410 e. The highest BCUT2D eigenvalue weighted by Crippen LogP contribution is 2.32. The average Bonchev–Trinajstić information content (AvgIpc) is 3.41. The molecule has 2 fully saturated rings. The largest absolute Gasteiger partial charge is 0.444 e. The molecule has 0 saturated carbocycles. The number of anilines is 2. The first-order valence-corrected chi connectivity index (χ1v) is 14.2. The predicted molar refractivity (Wildman–Crippen MR) is 151 cm³/mol. The Balaban J connectivity index is 1.15. The van der Waals surface area contributed by atoms with Crippen LogP contribution in [0.1, 0.15) is 45.2 Å². The zero-order chi connectivity index (χ0) is 27.4. The van der Waals surface area contributed by atoms with Gasteiger partial charge >= 0.3 is 6.09 Å². The Hall–Kier alpha value is -3.50. The number of rotatable bonds is 5. The van der Waals surface area contributed by atoms with Gasteiger partial charge in [0.2, 0.25) is 0 Å². The van der Waals surface area contributed by atoms with Gasteiger partial charge in [-0.15, -0.1) is 0 Å². The van der Waals surface area contributed by atoms with Gasteiger partial charge in [0.25, 0.3) is 5.91 Å². The Labute approximate surface area is 233 Å². The molecule has 0 aliphatic carbocycles. The molecule has 9 nitrogen and oxygen atoms in total. The van der Waals surface area contributed by atoms with Crippen molar-refractivity contribution in [1.82, 2.24) is 19.8 Å². The second-order valence-electron chi connectivity index (χ2n) is 10.9. The van der Waals surface area contributed by atoms with E-state index in [1.165, 1.54) is 0 Å². The summed E-state index contributed by atoms with van der Waals surface area (Å²) in [5.41, 5.74) is 1.57. The number of amides is 2. The van der Waals surface area contributed by atoms with Gasteiger partial charge < -0.3 is 24.6 Å². The fraction of sp³-hybridized carbons (Fsp3) is 0.448. The van der Waals surface area contributed by atoms with Crippen LogP contribution in [0.25, 0.3) is 10.4 Å². The van der Waals surface area contributed by atoms with Crippen LogP contribution in [0, 0.1) is 0 Å². The molecule has 4 heterocycles. The van der Waals surface area contributed by atoms with Crippen molar-refractivity contribution in [2.24, 2.45) is 0 Å². The SMILES string of the molecule is CC(C)(C)OC(=O)N1CCOC(C(=O)N2CCC(c3cccc(Nc4ncc(-c5ccccc5)s4)n3)CC2)C1. The van der Waals surface area contributed by atoms with Crippen molar-refractivity contribution >= 4 is 34.3 Å². The molecule has 0 spiro atoms. The summed E-state index contributed by atoms with van der Waals surface area (Å²) < 4.78 is 11.2. The maximum atomic E-state index is 13.2. The molecule has 0 bridgehead atoms. The number of pyridine rings is 1. The van der Waals surface area contributed by atoms with Crippen molar-refractivity contribution in [3.8, 4) is 10.4 Å². The molecule has 5 rings (SSSR count). The van der Waals surface area contributed by atoms with Gasteiger partial charge in [-0.2, -0.15) is 0 Å². The molecule has 10 heteroatoms. The molecule has 2 saturated heterocycles. The molecule has 1 N–H and O–H groups in total. The van der Waals surface area contributed by atoms with Crippen molar-refractivity contribution in [2.45, 2.75) is 51.2 Å². The lowest BCUT2D eigenvalue weighted by Crippen LogP contribution is -2.54. The van der Waals surface area contributed by atoms with Crippen molar-refractivity contribution in [2.75, 3.05) is 38.1 Å². The minimum absolute atomic E-state index is 0.0666. The number of hydrogen-bond donors (Lipinski definition) is 1. The Morgan fingerprint density at radius 1 is 1.03 bits per heavy atom. The van der Waals surface area contributed by atoms with Gasteiger partial charge in [-0.25, -0.2) is 14.8 Å². The predicted octanol–water partition coefficient (Wildman–Crippen LogP) is 5.29. The standard InChI is InChI=1S/C29H35N5O4S/c1-29(2,3)38-28(36)34-16-17-37-23(19-34)26(35)33-14-12-20(13-15-33)22-10-7-11-25(31-22)32-27-30-18-24(39-27)21-8-5-4-6-9-21/h4-11,18,20,23H,12-17,19H2,1-3H3,(H,30,31,32). The third-order valence-electron chi connectivity index (χ3n) is 6.79. The van der Waals surface area contributed by atoms with E-state index in [4.69, 9.17) is 14.5 Å². The van der Waals surface area contributed by atoms with Crippen LogP contribution >= 0.6 is 11.3 Å². The van der Waals surface area contributed by atoms with E-state index in [0.29, 0.717) is 26.2 Å². The molecular weight excluding hydrogens is 514 g/mol. The monoisotopic (exact) mass is 549 g/mol. The van der Waals surface area contributed by atoms with Gasteiger partial charge in [0, 0.05) is 37.4 Å². The lowest BCUT2D eigenvalue weighted by molar-refractivity contribution is -0.149. The molecular formula is C29H35N5O4S. The normalized spacial score (nSPS) is 18.6. The number of piperidine rings is 1.